The molecule has 204 valence electrons. The van der Waals surface area contributed by atoms with Crippen molar-refractivity contribution in [2.45, 2.75) is 24.8 Å². The smallest absolute Gasteiger partial charge is 0.263 e. The number of aromatic nitrogens is 2. The lowest BCUT2D eigenvalue weighted by atomic mass is 10.1. The Morgan fingerprint density at radius 1 is 0.950 bits per heavy atom. The first-order chi connectivity index (χ1) is 19.5. The van der Waals surface area contributed by atoms with E-state index >= 15 is 0 Å². The van der Waals surface area contributed by atoms with Gasteiger partial charge in [-0.2, -0.15) is 0 Å². The Morgan fingerprint density at radius 3 is 2.20 bits per heavy atom. The van der Waals surface area contributed by atoms with Crippen LogP contribution in [0, 0.1) is 0 Å². The first-order valence-electron chi connectivity index (χ1n) is 12.8. The Balaban J connectivity index is 1.44. The van der Waals surface area contributed by atoms with Gasteiger partial charge in [0.2, 0.25) is 5.91 Å². The standard InChI is InChI=1S/C31H28ClN3O3S2/c1-38-17-16-35-30(37)28-25(24-14-8-9-15-26(24)32)20-39-29(28)33-31(35)40-21-27(36)34(18-22-10-4-2-5-11-22)19-23-12-6-3-7-13-23/h2-15,20H,16-19,21H2,1H3. The summed E-state index contributed by atoms with van der Waals surface area (Å²) in [6, 6.07) is 27.4. The third kappa shape index (κ3) is 6.47. The van der Waals surface area contributed by atoms with Crippen LogP contribution in [-0.2, 0) is 29.2 Å². The van der Waals surface area contributed by atoms with Crippen molar-refractivity contribution in [3.8, 4) is 11.1 Å². The van der Waals surface area contributed by atoms with E-state index in [0.717, 1.165) is 22.3 Å². The number of amides is 1. The summed E-state index contributed by atoms with van der Waals surface area (Å²) >= 11 is 9.14. The molecule has 0 radical (unpaired) electrons. The molecule has 2 heterocycles. The molecular weight excluding hydrogens is 562 g/mol. The quantitative estimate of drug-likeness (QED) is 0.126. The summed E-state index contributed by atoms with van der Waals surface area (Å²) in [4.78, 5) is 34.7. The van der Waals surface area contributed by atoms with Crippen molar-refractivity contribution < 1.29 is 9.53 Å². The number of carbonyl (C=O) groups excluding carboxylic acids is 1. The number of hydrogen-bond acceptors (Lipinski definition) is 6. The lowest BCUT2D eigenvalue weighted by molar-refractivity contribution is -0.129. The van der Waals surface area contributed by atoms with Gasteiger partial charge in [0.1, 0.15) is 4.83 Å². The third-order valence-electron chi connectivity index (χ3n) is 6.45. The van der Waals surface area contributed by atoms with E-state index in [1.165, 1.54) is 23.1 Å². The van der Waals surface area contributed by atoms with Gasteiger partial charge in [0.25, 0.3) is 5.56 Å². The number of halogens is 1. The van der Waals surface area contributed by atoms with Crippen molar-refractivity contribution in [3.05, 3.63) is 117 Å². The van der Waals surface area contributed by atoms with Crippen molar-refractivity contribution in [2.24, 2.45) is 0 Å². The first kappa shape index (κ1) is 28.1. The summed E-state index contributed by atoms with van der Waals surface area (Å²) in [6.45, 7) is 1.65. The monoisotopic (exact) mass is 589 g/mol. The molecule has 40 heavy (non-hydrogen) atoms. The van der Waals surface area contributed by atoms with Crippen LogP contribution in [0.25, 0.3) is 21.3 Å². The van der Waals surface area contributed by atoms with Gasteiger partial charge in [-0.25, -0.2) is 4.98 Å². The zero-order chi connectivity index (χ0) is 27.9. The zero-order valence-corrected chi connectivity index (χ0v) is 24.3. The molecule has 0 aliphatic rings. The number of benzene rings is 3. The second-order valence-electron chi connectivity index (χ2n) is 9.16. The molecule has 6 nitrogen and oxygen atoms in total. The average Bonchev–Trinajstić information content (AvgIpc) is 3.40. The Kier molecular flexibility index (Phi) is 9.34. The maximum Gasteiger partial charge on any atom is 0.263 e. The van der Waals surface area contributed by atoms with Gasteiger partial charge in [-0.1, -0.05) is 102 Å². The fourth-order valence-corrected chi connectivity index (χ4v) is 6.58. The summed E-state index contributed by atoms with van der Waals surface area (Å²) in [6.07, 6.45) is 0. The number of methoxy groups -OCH3 is 1. The highest BCUT2D eigenvalue weighted by molar-refractivity contribution is 7.99. The van der Waals surface area contributed by atoms with E-state index < -0.39 is 0 Å². The Bertz CT molecular complexity index is 1610. The fraction of sp³-hybridized carbons (Fsp3) is 0.194. The normalized spacial score (nSPS) is 11.2. The maximum atomic E-state index is 13.8. The molecule has 1 amide bonds. The number of fused-ring (bicyclic) bond motifs is 1. The van der Waals surface area contributed by atoms with Crippen molar-refractivity contribution in [1.82, 2.24) is 14.5 Å². The van der Waals surface area contributed by atoms with Crippen LogP contribution in [-0.4, -0.2) is 39.8 Å². The van der Waals surface area contributed by atoms with Crippen LogP contribution in [0.15, 0.2) is 100 Å². The molecule has 0 N–H and O–H groups in total. The van der Waals surface area contributed by atoms with Gasteiger partial charge in [-0.15, -0.1) is 11.3 Å². The van der Waals surface area contributed by atoms with Crippen LogP contribution < -0.4 is 5.56 Å². The van der Waals surface area contributed by atoms with E-state index in [0.29, 0.717) is 46.6 Å². The molecule has 0 saturated heterocycles. The topological polar surface area (TPSA) is 64.4 Å². The van der Waals surface area contributed by atoms with Crippen molar-refractivity contribution >= 4 is 50.8 Å². The number of rotatable bonds is 11. The van der Waals surface area contributed by atoms with Crippen molar-refractivity contribution in [2.75, 3.05) is 19.5 Å². The molecule has 5 aromatic rings. The minimum absolute atomic E-state index is 0.0340. The fourth-order valence-electron chi connectivity index (χ4n) is 4.43. The minimum atomic E-state index is -0.168. The van der Waals surface area contributed by atoms with Gasteiger partial charge >= 0.3 is 0 Å². The van der Waals surface area contributed by atoms with Gasteiger partial charge in [-0.3, -0.25) is 14.2 Å². The lowest BCUT2D eigenvalue weighted by Gasteiger charge is -2.23. The van der Waals surface area contributed by atoms with E-state index in [9.17, 15) is 9.59 Å². The summed E-state index contributed by atoms with van der Waals surface area (Å²) in [7, 11) is 1.60. The van der Waals surface area contributed by atoms with E-state index in [2.05, 4.69) is 0 Å². The Morgan fingerprint density at radius 2 is 1.57 bits per heavy atom. The zero-order valence-electron chi connectivity index (χ0n) is 22.0. The van der Waals surface area contributed by atoms with E-state index in [4.69, 9.17) is 21.3 Å². The van der Waals surface area contributed by atoms with Crippen LogP contribution in [0.5, 0.6) is 0 Å². The van der Waals surface area contributed by atoms with Crippen LogP contribution in [0.3, 0.4) is 0 Å². The molecule has 0 aliphatic heterocycles. The van der Waals surface area contributed by atoms with Gasteiger partial charge < -0.3 is 9.64 Å². The van der Waals surface area contributed by atoms with Crippen LogP contribution in [0.1, 0.15) is 11.1 Å². The van der Waals surface area contributed by atoms with E-state index in [1.807, 2.05) is 95.2 Å². The SMILES string of the molecule is COCCn1c(SCC(=O)N(Cc2ccccc2)Cc2ccccc2)nc2scc(-c3ccccc3Cl)c2c1=O. The van der Waals surface area contributed by atoms with Crippen LogP contribution in [0.2, 0.25) is 5.02 Å². The predicted molar refractivity (Wildman–Crippen MR) is 164 cm³/mol. The predicted octanol–water partition coefficient (Wildman–Crippen LogP) is 6.75. The third-order valence-corrected chi connectivity index (χ3v) is 8.61. The number of thioether (sulfide) groups is 1. The Hall–Kier alpha value is -3.43. The largest absolute Gasteiger partial charge is 0.383 e. The van der Waals surface area contributed by atoms with Gasteiger partial charge in [0, 0.05) is 41.7 Å². The molecular formula is C31H28ClN3O3S2. The van der Waals surface area contributed by atoms with Crippen molar-refractivity contribution in [1.29, 1.82) is 0 Å². The second-order valence-corrected chi connectivity index (χ2v) is 11.4. The highest BCUT2D eigenvalue weighted by atomic mass is 35.5. The molecule has 0 saturated carbocycles. The molecule has 0 atom stereocenters. The summed E-state index contributed by atoms with van der Waals surface area (Å²) in [5.74, 6) is 0.112. The molecule has 0 fully saturated rings. The molecule has 2 aromatic heterocycles. The van der Waals surface area contributed by atoms with Crippen molar-refractivity contribution in [3.63, 3.8) is 0 Å². The van der Waals surface area contributed by atoms with Crippen LogP contribution >= 0.6 is 34.7 Å². The summed E-state index contributed by atoms with van der Waals surface area (Å²) < 4.78 is 6.90. The Labute approximate surface area is 246 Å². The number of thiophene rings is 1. The second kappa shape index (κ2) is 13.3. The number of hydrogen-bond donors (Lipinski definition) is 0. The molecule has 0 unspecified atom stereocenters. The van der Waals surface area contributed by atoms with E-state index in [-0.39, 0.29) is 17.2 Å². The minimum Gasteiger partial charge on any atom is -0.383 e. The van der Waals surface area contributed by atoms with E-state index in [1.54, 1.807) is 11.7 Å². The molecule has 9 heteroatoms. The van der Waals surface area contributed by atoms with Gasteiger partial charge in [0.15, 0.2) is 5.16 Å². The molecule has 0 spiro atoms. The molecule has 0 bridgehead atoms. The highest BCUT2D eigenvalue weighted by Gasteiger charge is 2.21. The molecule has 0 aliphatic carbocycles. The highest BCUT2D eigenvalue weighted by Crippen LogP contribution is 2.36. The number of nitrogens with zero attached hydrogens (tertiary/aromatic N) is 3. The molecule has 5 rings (SSSR count). The summed E-state index contributed by atoms with van der Waals surface area (Å²) in [5, 5.41) is 3.52. The lowest BCUT2D eigenvalue weighted by Crippen LogP contribution is -2.32. The maximum absolute atomic E-state index is 13.8. The first-order valence-corrected chi connectivity index (χ1v) is 15.0. The van der Waals surface area contributed by atoms with Gasteiger partial charge in [-0.05, 0) is 17.2 Å². The molecule has 3 aromatic carbocycles. The number of carbonyl (C=O) groups is 1. The van der Waals surface area contributed by atoms with Crippen LogP contribution in [0.4, 0.5) is 0 Å². The van der Waals surface area contributed by atoms with Gasteiger partial charge in [0.05, 0.1) is 24.3 Å². The number of ether oxygens (including phenoxy) is 1. The summed E-state index contributed by atoms with van der Waals surface area (Å²) in [5.41, 5.74) is 3.50. The average molecular weight is 590 g/mol.